The normalized spacial score (nSPS) is 11.5. The number of allylic oxidation sites excluding steroid dienone is 1. The highest BCUT2D eigenvalue weighted by atomic mass is 19.4. The fourth-order valence-corrected chi connectivity index (χ4v) is 1.46. The number of alkyl halides is 3. The summed E-state index contributed by atoms with van der Waals surface area (Å²) in [5.41, 5.74) is 0.824. The van der Waals surface area contributed by atoms with Gasteiger partial charge in [-0.15, -0.1) is 6.58 Å². The molecule has 0 aliphatic carbocycles. The van der Waals surface area contributed by atoms with E-state index in [4.69, 9.17) is 0 Å². The fourth-order valence-electron chi connectivity index (χ4n) is 1.46. The molecule has 0 atom stereocenters. The van der Waals surface area contributed by atoms with Crippen LogP contribution in [0, 0.1) is 6.92 Å². The van der Waals surface area contributed by atoms with E-state index >= 15 is 0 Å². The zero-order valence-electron chi connectivity index (χ0n) is 9.72. The molecule has 0 aliphatic heterocycles. The summed E-state index contributed by atoms with van der Waals surface area (Å²) >= 11 is 0. The molecule has 0 saturated carbocycles. The van der Waals surface area contributed by atoms with Crippen molar-refractivity contribution in [3.63, 3.8) is 0 Å². The number of aryl methyl sites for hydroxylation is 1. The number of hydrogen-bond acceptors (Lipinski definition) is 2. The van der Waals surface area contributed by atoms with Crippen molar-refractivity contribution < 1.29 is 13.2 Å². The van der Waals surface area contributed by atoms with E-state index in [-0.39, 0.29) is 13.0 Å². The third-order valence-corrected chi connectivity index (χ3v) is 2.14. The van der Waals surface area contributed by atoms with Gasteiger partial charge in [0.1, 0.15) is 0 Å². The van der Waals surface area contributed by atoms with Gasteiger partial charge in [0.2, 0.25) is 5.95 Å². The van der Waals surface area contributed by atoms with Crippen molar-refractivity contribution in [3.05, 3.63) is 24.5 Å². The van der Waals surface area contributed by atoms with Crippen LogP contribution in [0.15, 0.2) is 18.9 Å². The molecular formula is C11H16F3N3. The van der Waals surface area contributed by atoms with E-state index in [2.05, 4.69) is 16.9 Å². The number of anilines is 1. The molecule has 0 radical (unpaired) electrons. The number of imidazole rings is 1. The van der Waals surface area contributed by atoms with E-state index in [1.807, 2.05) is 17.7 Å². The van der Waals surface area contributed by atoms with E-state index in [1.54, 1.807) is 6.08 Å². The summed E-state index contributed by atoms with van der Waals surface area (Å²) in [6.45, 7) is 6.29. The van der Waals surface area contributed by atoms with Crippen molar-refractivity contribution in [1.82, 2.24) is 9.55 Å². The maximum atomic E-state index is 11.9. The Balaban J connectivity index is 2.43. The van der Waals surface area contributed by atoms with Crippen molar-refractivity contribution in [2.75, 3.05) is 11.9 Å². The minimum atomic E-state index is -4.09. The Labute approximate surface area is 98.3 Å². The van der Waals surface area contributed by atoms with Gasteiger partial charge in [0.05, 0.1) is 5.69 Å². The summed E-state index contributed by atoms with van der Waals surface area (Å²) in [4.78, 5) is 4.19. The van der Waals surface area contributed by atoms with Crippen molar-refractivity contribution in [3.8, 4) is 0 Å². The van der Waals surface area contributed by atoms with Crippen LogP contribution >= 0.6 is 0 Å². The number of rotatable bonds is 6. The average molecular weight is 247 g/mol. The van der Waals surface area contributed by atoms with Gasteiger partial charge in [-0.3, -0.25) is 0 Å². The molecule has 0 saturated heterocycles. The zero-order chi connectivity index (χ0) is 12.9. The Morgan fingerprint density at radius 3 is 2.82 bits per heavy atom. The monoisotopic (exact) mass is 247 g/mol. The third kappa shape index (κ3) is 4.93. The Kier molecular flexibility index (Phi) is 4.60. The lowest BCUT2D eigenvalue weighted by molar-refractivity contribution is -0.134. The van der Waals surface area contributed by atoms with Gasteiger partial charge in [-0.25, -0.2) is 4.98 Å². The molecule has 0 unspecified atom stereocenters. The first-order valence-electron chi connectivity index (χ1n) is 5.37. The molecule has 1 N–H and O–H groups in total. The molecule has 0 aliphatic rings. The lowest BCUT2D eigenvalue weighted by Gasteiger charge is -2.09. The molecule has 0 fully saturated rings. The zero-order valence-corrected chi connectivity index (χ0v) is 9.72. The van der Waals surface area contributed by atoms with Crippen molar-refractivity contribution in [2.45, 2.75) is 32.5 Å². The minimum absolute atomic E-state index is 0.0451. The number of halogens is 3. The fraction of sp³-hybridized carbons (Fsp3) is 0.545. The third-order valence-electron chi connectivity index (χ3n) is 2.14. The topological polar surface area (TPSA) is 29.9 Å². The van der Waals surface area contributed by atoms with Crippen molar-refractivity contribution in [2.24, 2.45) is 0 Å². The second kappa shape index (κ2) is 5.75. The molecule has 3 nitrogen and oxygen atoms in total. The highest BCUT2D eigenvalue weighted by Gasteiger charge is 2.25. The van der Waals surface area contributed by atoms with Crippen LogP contribution in [-0.4, -0.2) is 22.3 Å². The van der Waals surface area contributed by atoms with Gasteiger partial charge in [-0.05, 0) is 13.3 Å². The van der Waals surface area contributed by atoms with Crippen LogP contribution in [0.3, 0.4) is 0 Å². The molecule has 1 heterocycles. The lowest BCUT2D eigenvalue weighted by Crippen LogP contribution is -2.13. The maximum absolute atomic E-state index is 11.9. The van der Waals surface area contributed by atoms with E-state index in [0.717, 1.165) is 5.69 Å². The Bertz CT molecular complexity index is 369. The number of hydrogen-bond donors (Lipinski definition) is 1. The van der Waals surface area contributed by atoms with E-state index < -0.39 is 12.6 Å². The van der Waals surface area contributed by atoms with Gasteiger partial charge in [-0.1, -0.05) is 6.08 Å². The molecular weight excluding hydrogens is 231 g/mol. The van der Waals surface area contributed by atoms with E-state index in [1.165, 1.54) is 0 Å². The van der Waals surface area contributed by atoms with Gasteiger partial charge in [0.15, 0.2) is 0 Å². The standard InChI is InChI=1S/C11H16F3N3/c1-3-7-17-8-9(2)16-10(17)15-6-4-5-11(12,13)14/h3,8H,1,4-7H2,2H3,(H,15,16). The van der Waals surface area contributed by atoms with Crippen LogP contribution in [0.5, 0.6) is 0 Å². The van der Waals surface area contributed by atoms with Crippen LogP contribution < -0.4 is 5.32 Å². The maximum Gasteiger partial charge on any atom is 0.389 e. The highest BCUT2D eigenvalue weighted by molar-refractivity contribution is 5.28. The quantitative estimate of drug-likeness (QED) is 0.618. The predicted molar refractivity (Wildman–Crippen MR) is 60.9 cm³/mol. The number of nitrogens with zero attached hydrogens (tertiary/aromatic N) is 2. The lowest BCUT2D eigenvalue weighted by atomic mass is 10.3. The molecule has 1 aromatic rings. The molecule has 1 aromatic heterocycles. The number of nitrogens with one attached hydrogen (secondary N) is 1. The summed E-state index contributed by atoms with van der Waals surface area (Å²) in [6.07, 6.45) is -1.28. The van der Waals surface area contributed by atoms with Crippen LogP contribution in [-0.2, 0) is 6.54 Å². The first-order chi connectivity index (χ1) is 7.92. The predicted octanol–water partition coefficient (Wildman–Crippen LogP) is 3.13. The van der Waals surface area contributed by atoms with Crippen LogP contribution in [0.25, 0.3) is 0 Å². The van der Waals surface area contributed by atoms with Gasteiger partial charge in [0.25, 0.3) is 0 Å². The second-order valence-corrected chi connectivity index (χ2v) is 3.79. The molecule has 0 amide bonds. The van der Waals surface area contributed by atoms with Gasteiger partial charge in [-0.2, -0.15) is 13.2 Å². The molecule has 17 heavy (non-hydrogen) atoms. The van der Waals surface area contributed by atoms with Crippen molar-refractivity contribution in [1.29, 1.82) is 0 Å². The molecule has 0 aromatic carbocycles. The van der Waals surface area contributed by atoms with E-state index in [9.17, 15) is 13.2 Å². The van der Waals surface area contributed by atoms with E-state index in [0.29, 0.717) is 12.5 Å². The smallest absolute Gasteiger partial charge is 0.356 e. The van der Waals surface area contributed by atoms with Crippen molar-refractivity contribution >= 4 is 5.95 Å². The largest absolute Gasteiger partial charge is 0.389 e. The van der Waals surface area contributed by atoms with Crippen LogP contribution in [0.1, 0.15) is 18.5 Å². The minimum Gasteiger partial charge on any atom is -0.356 e. The Morgan fingerprint density at radius 2 is 2.24 bits per heavy atom. The first-order valence-corrected chi connectivity index (χ1v) is 5.37. The summed E-state index contributed by atoms with van der Waals surface area (Å²) in [5, 5.41) is 2.90. The molecule has 96 valence electrons. The number of aromatic nitrogens is 2. The average Bonchev–Trinajstić information content (AvgIpc) is 2.53. The highest BCUT2D eigenvalue weighted by Crippen LogP contribution is 2.21. The summed E-state index contributed by atoms with van der Waals surface area (Å²) in [6, 6.07) is 0. The first kappa shape index (κ1) is 13.6. The second-order valence-electron chi connectivity index (χ2n) is 3.79. The van der Waals surface area contributed by atoms with Gasteiger partial charge < -0.3 is 9.88 Å². The Hall–Kier alpha value is -1.46. The SMILES string of the molecule is C=CCn1cc(C)nc1NCCCC(F)(F)F. The summed E-state index contributed by atoms with van der Waals surface area (Å²) in [5.74, 6) is 0.588. The van der Waals surface area contributed by atoms with Crippen LogP contribution in [0.2, 0.25) is 0 Å². The molecule has 1 rings (SSSR count). The molecule has 0 bridgehead atoms. The summed E-state index contributed by atoms with van der Waals surface area (Å²) in [7, 11) is 0. The summed E-state index contributed by atoms with van der Waals surface area (Å²) < 4.78 is 37.6. The van der Waals surface area contributed by atoms with Gasteiger partial charge in [0, 0.05) is 25.7 Å². The molecule has 0 spiro atoms. The van der Waals surface area contributed by atoms with Gasteiger partial charge >= 0.3 is 6.18 Å². The Morgan fingerprint density at radius 1 is 1.53 bits per heavy atom. The molecule has 6 heteroatoms. The van der Waals surface area contributed by atoms with Crippen LogP contribution in [0.4, 0.5) is 19.1 Å².